The van der Waals surface area contributed by atoms with Crippen LogP contribution in [0.5, 0.6) is 11.5 Å². The van der Waals surface area contributed by atoms with Gasteiger partial charge in [-0.1, -0.05) is 0 Å². The first-order chi connectivity index (χ1) is 12.7. The normalized spacial score (nSPS) is 16.3. The van der Waals surface area contributed by atoms with E-state index in [0.717, 1.165) is 49.0 Å². The van der Waals surface area contributed by atoms with Gasteiger partial charge in [0.05, 0.1) is 19.8 Å². The molecule has 0 spiro atoms. The second kappa shape index (κ2) is 9.24. The van der Waals surface area contributed by atoms with E-state index in [1.165, 1.54) is 0 Å². The van der Waals surface area contributed by atoms with Crippen molar-refractivity contribution in [1.82, 2.24) is 9.97 Å². The van der Waals surface area contributed by atoms with E-state index in [1.807, 2.05) is 37.3 Å². The summed E-state index contributed by atoms with van der Waals surface area (Å²) in [4.78, 5) is 8.93. The van der Waals surface area contributed by atoms with Crippen molar-refractivity contribution in [2.45, 2.75) is 25.9 Å². The molecule has 26 heavy (non-hydrogen) atoms. The molecule has 1 fully saturated rings. The molecule has 1 unspecified atom stereocenters. The smallest absolute Gasteiger partial charge is 0.224 e. The van der Waals surface area contributed by atoms with Gasteiger partial charge in [0.15, 0.2) is 0 Å². The van der Waals surface area contributed by atoms with Crippen LogP contribution in [0.15, 0.2) is 30.3 Å². The lowest BCUT2D eigenvalue weighted by molar-refractivity contribution is 0.120. The third-order valence-electron chi connectivity index (χ3n) is 4.10. The number of methoxy groups -OCH3 is 1. The van der Waals surface area contributed by atoms with Crippen LogP contribution in [-0.4, -0.2) is 49.5 Å². The van der Waals surface area contributed by atoms with Crippen LogP contribution in [0.3, 0.4) is 0 Å². The maximum absolute atomic E-state index is 5.71. The maximum Gasteiger partial charge on any atom is 0.224 e. The minimum atomic E-state index is 0.258. The summed E-state index contributed by atoms with van der Waals surface area (Å²) in [5.41, 5.74) is 0.911. The highest BCUT2D eigenvalue weighted by Crippen LogP contribution is 2.17. The summed E-state index contributed by atoms with van der Waals surface area (Å²) in [6.45, 7) is 4.73. The minimum absolute atomic E-state index is 0.258. The third kappa shape index (κ3) is 5.49. The topological polar surface area (TPSA) is 77.5 Å². The van der Waals surface area contributed by atoms with Gasteiger partial charge in [0, 0.05) is 24.9 Å². The number of aromatic nitrogens is 2. The van der Waals surface area contributed by atoms with Crippen molar-refractivity contribution in [1.29, 1.82) is 0 Å². The Hall–Kier alpha value is -2.54. The zero-order valence-electron chi connectivity index (χ0n) is 15.3. The lowest BCUT2D eigenvalue weighted by atomic mass is 10.2. The number of benzene rings is 1. The lowest BCUT2D eigenvalue weighted by Gasteiger charge is -2.13. The van der Waals surface area contributed by atoms with Crippen molar-refractivity contribution in [3.8, 4) is 11.5 Å². The van der Waals surface area contributed by atoms with Crippen LogP contribution in [0.1, 0.15) is 18.5 Å². The highest BCUT2D eigenvalue weighted by molar-refractivity contribution is 5.42. The molecule has 0 bridgehead atoms. The Morgan fingerprint density at radius 3 is 2.69 bits per heavy atom. The van der Waals surface area contributed by atoms with Gasteiger partial charge in [0.2, 0.25) is 5.95 Å². The van der Waals surface area contributed by atoms with Crippen molar-refractivity contribution >= 4 is 11.8 Å². The zero-order valence-corrected chi connectivity index (χ0v) is 15.3. The average molecular weight is 358 g/mol. The number of rotatable bonds is 9. The predicted molar refractivity (Wildman–Crippen MR) is 101 cm³/mol. The molecule has 0 amide bonds. The molecule has 2 N–H and O–H groups in total. The Kier molecular flexibility index (Phi) is 6.49. The van der Waals surface area contributed by atoms with Crippen molar-refractivity contribution in [2.75, 3.05) is 44.0 Å². The largest absolute Gasteiger partial charge is 0.497 e. The van der Waals surface area contributed by atoms with E-state index < -0.39 is 0 Å². The first-order valence-corrected chi connectivity index (χ1v) is 8.95. The highest BCUT2D eigenvalue weighted by Gasteiger charge is 2.15. The molecule has 3 rings (SSSR count). The minimum Gasteiger partial charge on any atom is -0.497 e. The average Bonchev–Trinajstić information content (AvgIpc) is 3.17. The molecule has 2 heterocycles. The van der Waals surface area contributed by atoms with Crippen LogP contribution < -0.4 is 20.1 Å². The highest BCUT2D eigenvalue weighted by atomic mass is 16.5. The molecule has 0 saturated carbocycles. The maximum atomic E-state index is 5.71. The van der Waals surface area contributed by atoms with Crippen LogP contribution >= 0.6 is 0 Å². The number of nitrogens with zero attached hydrogens (tertiary/aromatic N) is 2. The quantitative estimate of drug-likeness (QED) is 0.667. The summed E-state index contributed by atoms with van der Waals surface area (Å²) in [5, 5.41) is 6.54. The molecule has 1 aliphatic rings. The van der Waals surface area contributed by atoms with Gasteiger partial charge < -0.3 is 24.8 Å². The molecule has 1 aromatic carbocycles. The van der Waals surface area contributed by atoms with Gasteiger partial charge >= 0.3 is 0 Å². The Morgan fingerprint density at radius 2 is 1.96 bits per heavy atom. The third-order valence-corrected chi connectivity index (χ3v) is 4.10. The first kappa shape index (κ1) is 18.3. The fourth-order valence-electron chi connectivity index (χ4n) is 2.77. The van der Waals surface area contributed by atoms with Gasteiger partial charge in [-0.25, -0.2) is 4.98 Å². The second-order valence-corrected chi connectivity index (χ2v) is 6.18. The van der Waals surface area contributed by atoms with Gasteiger partial charge in [-0.05, 0) is 44.0 Å². The molecule has 0 aliphatic carbocycles. The van der Waals surface area contributed by atoms with Crippen molar-refractivity contribution < 1.29 is 14.2 Å². The van der Waals surface area contributed by atoms with Gasteiger partial charge in [0.1, 0.15) is 23.9 Å². The molecule has 1 atom stereocenters. The van der Waals surface area contributed by atoms with Gasteiger partial charge in [-0.2, -0.15) is 4.98 Å². The fourth-order valence-corrected chi connectivity index (χ4v) is 2.77. The molecule has 0 radical (unpaired) electrons. The molecule has 7 heteroatoms. The standard InChI is InChI=1S/C19H26N4O3/c1-14-12-18(23-19(22-14)21-13-17-4-3-10-25-17)20-9-11-26-16-7-5-15(24-2)6-8-16/h5-8,12,17H,3-4,9-11,13H2,1-2H3,(H2,20,21,22,23). The summed E-state index contributed by atoms with van der Waals surface area (Å²) < 4.78 is 16.5. The number of anilines is 2. The number of nitrogens with one attached hydrogen (secondary N) is 2. The first-order valence-electron chi connectivity index (χ1n) is 8.95. The molecule has 2 aromatic rings. The number of ether oxygens (including phenoxy) is 3. The zero-order chi connectivity index (χ0) is 18.2. The summed E-state index contributed by atoms with van der Waals surface area (Å²) >= 11 is 0. The monoisotopic (exact) mass is 358 g/mol. The van der Waals surface area contributed by atoms with Crippen molar-refractivity contribution in [3.63, 3.8) is 0 Å². The Morgan fingerprint density at radius 1 is 1.15 bits per heavy atom. The van der Waals surface area contributed by atoms with Crippen molar-refractivity contribution in [2.24, 2.45) is 0 Å². The SMILES string of the molecule is COc1ccc(OCCNc2cc(C)nc(NCC3CCCO3)n2)cc1. The Balaban J connectivity index is 1.44. The molecule has 1 aliphatic heterocycles. The summed E-state index contributed by atoms with van der Waals surface area (Å²) in [6, 6.07) is 9.46. The van der Waals surface area contributed by atoms with E-state index in [0.29, 0.717) is 19.1 Å². The molecule has 1 aromatic heterocycles. The van der Waals surface area contributed by atoms with Gasteiger partial charge in [-0.3, -0.25) is 0 Å². The number of hydrogen-bond acceptors (Lipinski definition) is 7. The van der Waals surface area contributed by atoms with E-state index in [4.69, 9.17) is 14.2 Å². The summed E-state index contributed by atoms with van der Waals surface area (Å²) in [6.07, 6.45) is 2.47. The number of hydrogen-bond donors (Lipinski definition) is 2. The van der Waals surface area contributed by atoms with Gasteiger partial charge in [0.25, 0.3) is 0 Å². The Bertz CT molecular complexity index is 688. The van der Waals surface area contributed by atoms with Gasteiger partial charge in [-0.15, -0.1) is 0 Å². The van der Waals surface area contributed by atoms with Crippen LogP contribution in [0.25, 0.3) is 0 Å². The van der Waals surface area contributed by atoms with Crippen molar-refractivity contribution in [3.05, 3.63) is 36.0 Å². The lowest BCUT2D eigenvalue weighted by Crippen LogP contribution is -2.20. The summed E-state index contributed by atoms with van der Waals surface area (Å²) in [7, 11) is 1.65. The summed E-state index contributed by atoms with van der Waals surface area (Å²) in [5.74, 6) is 3.03. The molecule has 7 nitrogen and oxygen atoms in total. The molecule has 140 valence electrons. The molecular weight excluding hydrogens is 332 g/mol. The van der Waals surface area contributed by atoms with Crippen LogP contribution in [0.2, 0.25) is 0 Å². The number of aryl methyl sites for hydroxylation is 1. The fraction of sp³-hybridized carbons (Fsp3) is 0.474. The van der Waals surface area contributed by atoms with Crippen LogP contribution in [-0.2, 0) is 4.74 Å². The van der Waals surface area contributed by atoms with E-state index in [1.54, 1.807) is 7.11 Å². The molecular formula is C19H26N4O3. The van der Waals surface area contributed by atoms with E-state index in [-0.39, 0.29) is 6.10 Å². The van der Waals surface area contributed by atoms with E-state index in [2.05, 4.69) is 20.6 Å². The van der Waals surface area contributed by atoms with Crippen LogP contribution in [0, 0.1) is 6.92 Å². The molecule has 1 saturated heterocycles. The Labute approximate surface area is 154 Å². The van der Waals surface area contributed by atoms with E-state index >= 15 is 0 Å². The second-order valence-electron chi connectivity index (χ2n) is 6.18. The predicted octanol–water partition coefficient (Wildman–Crippen LogP) is 2.88. The van der Waals surface area contributed by atoms with Crippen LogP contribution in [0.4, 0.5) is 11.8 Å². The van der Waals surface area contributed by atoms with E-state index in [9.17, 15) is 0 Å².